The molecule has 0 N–H and O–H groups in total. The van der Waals surface area contributed by atoms with E-state index in [0.29, 0.717) is 12.0 Å². The van der Waals surface area contributed by atoms with Gasteiger partial charge in [0.25, 0.3) is 0 Å². The molecular weight excluding hydrogens is 148 g/mol. The highest BCUT2D eigenvalue weighted by Gasteiger charge is 2.24. The molecule has 2 atom stereocenters. The Bertz CT molecular complexity index is 181. The molecule has 0 saturated heterocycles. The van der Waals surface area contributed by atoms with Gasteiger partial charge in [0.1, 0.15) is 6.10 Å². The number of ether oxygens (including phenoxy) is 1. The summed E-state index contributed by atoms with van der Waals surface area (Å²) >= 11 is 0. The molecule has 0 bridgehead atoms. The van der Waals surface area contributed by atoms with Gasteiger partial charge in [0.05, 0.1) is 5.76 Å². The molecule has 0 aromatic heterocycles. The summed E-state index contributed by atoms with van der Waals surface area (Å²) in [4.78, 5) is 0. The van der Waals surface area contributed by atoms with Crippen molar-refractivity contribution in [3.63, 3.8) is 0 Å². The molecule has 0 spiro atoms. The van der Waals surface area contributed by atoms with Crippen molar-refractivity contribution in [1.29, 1.82) is 0 Å². The Labute approximate surface area is 75.8 Å². The van der Waals surface area contributed by atoms with Crippen molar-refractivity contribution in [2.45, 2.75) is 53.1 Å². The van der Waals surface area contributed by atoms with Gasteiger partial charge in [-0.2, -0.15) is 0 Å². The molecule has 0 radical (unpaired) electrons. The molecule has 0 amide bonds. The van der Waals surface area contributed by atoms with Gasteiger partial charge in [-0.25, -0.2) is 0 Å². The van der Waals surface area contributed by atoms with Crippen LogP contribution in [-0.4, -0.2) is 6.10 Å². The minimum Gasteiger partial charge on any atom is -0.495 e. The van der Waals surface area contributed by atoms with Gasteiger partial charge in [0.2, 0.25) is 0 Å². The first kappa shape index (κ1) is 9.63. The molecule has 1 heterocycles. The Hall–Kier alpha value is -0.460. The average molecular weight is 168 g/mol. The lowest BCUT2D eigenvalue weighted by Crippen LogP contribution is -2.25. The van der Waals surface area contributed by atoms with Crippen LogP contribution in [0.2, 0.25) is 0 Å². The fourth-order valence-electron chi connectivity index (χ4n) is 2.00. The predicted octanol–water partition coefficient (Wildman–Crippen LogP) is 3.51. The molecule has 1 nitrogen and oxygen atoms in total. The van der Waals surface area contributed by atoms with E-state index >= 15 is 0 Å². The van der Waals surface area contributed by atoms with E-state index in [1.807, 2.05) is 0 Å². The fourth-order valence-corrected chi connectivity index (χ4v) is 2.00. The van der Waals surface area contributed by atoms with Gasteiger partial charge in [-0.15, -0.1) is 0 Å². The Morgan fingerprint density at radius 3 is 2.58 bits per heavy atom. The zero-order chi connectivity index (χ0) is 9.14. The van der Waals surface area contributed by atoms with Crippen molar-refractivity contribution >= 4 is 0 Å². The molecule has 0 saturated carbocycles. The molecule has 0 aromatic rings. The van der Waals surface area contributed by atoms with Gasteiger partial charge in [-0.05, 0) is 31.3 Å². The van der Waals surface area contributed by atoms with Crippen LogP contribution in [0, 0.1) is 5.92 Å². The van der Waals surface area contributed by atoms with E-state index in [4.69, 9.17) is 4.74 Å². The molecular formula is C11H20O. The van der Waals surface area contributed by atoms with E-state index in [2.05, 4.69) is 27.7 Å². The largest absolute Gasteiger partial charge is 0.495 e. The van der Waals surface area contributed by atoms with Crippen LogP contribution < -0.4 is 0 Å². The Morgan fingerprint density at radius 2 is 2.08 bits per heavy atom. The third-order valence-corrected chi connectivity index (χ3v) is 2.76. The summed E-state index contributed by atoms with van der Waals surface area (Å²) in [5, 5.41) is 0. The standard InChI is InChI=1S/C11H20O/c1-5-10-8(3)7-9(4)11(6-2)12-10/h8,10H,5-7H2,1-4H3/t8-,10+/m0/s1. The summed E-state index contributed by atoms with van der Waals surface area (Å²) in [5.41, 5.74) is 1.45. The molecule has 0 aromatic carbocycles. The molecule has 1 heteroatoms. The minimum atomic E-state index is 0.462. The van der Waals surface area contributed by atoms with E-state index in [-0.39, 0.29) is 0 Å². The SMILES string of the molecule is CCC1=C(C)C[C@H](C)[C@@H](CC)O1. The van der Waals surface area contributed by atoms with Gasteiger partial charge in [-0.3, -0.25) is 0 Å². The highest BCUT2D eigenvalue weighted by Crippen LogP contribution is 2.30. The third-order valence-electron chi connectivity index (χ3n) is 2.76. The van der Waals surface area contributed by atoms with E-state index in [1.165, 1.54) is 17.8 Å². The van der Waals surface area contributed by atoms with Crippen LogP contribution in [0.1, 0.15) is 47.0 Å². The molecule has 0 unspecified atom stereocenters. The molecule has 1 aliphatic rings. The van der Waals surface area contributed by atoms with Gasteiger partial charge in [0, 0.05) is 6.42 Å². The highest BCUT2D eigenvalue weighted by atomic mass is 16.5. The first-order valence-electron chi connectivity index (χ1n) is 5.04. The molecule has 0 fully saturated rings. The second kappa shape index (κ2) is 3.97. The van der Waals surface area contributed by atoms with Crippen molar-refractivity contribution in [3.8, 4) is 0 Å². The van der Waals surface area contributed by atoms with Crippen LogP contribution in [-0.2, 0) is 4.74 Å². The molecule has 70 valence electrons. The van der Waals surface area contributed by atoms with Gasteiger partial charge in [0.15, 0.2) is 0 Å². The summed E-state index contributed by atoms with van der Waals surface area (Å²) in [6, 6.07) is 0. The summed E-state index contributed by atoms with van der Waals surface area (Å²) < 4.78 is 5.89. The first-order chi connectivity index (χ1) is 5.69. The van der Waals surface area contributed by atoms with Crippen molar-refractivity contribution in [2.24, 2.45) is 5.92 Å². The van der Waals surface area contributed by atoms with Crippen LogP contribution in [0.3, 0.4) is 0 Å². The summed E-state index contributed by atoms with van der Waals surface area (Å²) in [6.45, 7) is 8.85. The lowest BCUT2D eigenvalue weighted by atomic mass is 9.91. The lowest BCUT2D eigenvalue weighted by molar-refractivity contribution is 0.0439. The number of hydrogen-bond acceptors (Lipinski definition) is 1. The second-order valence-electron chi connectivity index (χ2n) is 3.80. The summed E-state index contributed by atoms with van der Waals surface area (Å²) in [5.74, 6) is 1.94. The molecule has 1 rings (SSSR count). The van der Waals surface area contributed by atoms with Crippen molar-refractivity contribution in [2.75, 3.05) is 0 Å². The summed E-state index contributed by atoms with van der Waals surface area (Å²) in [6.07, 6.45) is 3.87. The zero-order valence-electron chi connectivity index (χ0n) is 8.68. The number of hydrogen-bond donors (Lipinski definition) is 0. The maximum absolute atomic E-state index is 5.89. The van der Waals surface area contributed by atoms with Gasteiger partial charge >= 0.3 is 0 Å². The van der Waals surface area contributed by atoms with Crippen LogP contribution >= 0.6 is 0 Å². The van der Waals surface area contributed by atoms with Crippen LogP contribution in [0.4, 0.5) is 0 Å². The van der Waals surface area contributed by atoms with Crippen molar-refractivity contribution < 1.29 is 4.74 Å². The Kier molecular flexibility index (Phi) is 3.19. The van der Waals surface area contributed by atoms with Crippen LogP contribution in [0.25, 0.3) is 0 Å². The first-order valence-corrected chi connectivity index (χ1v) is 5.04. The molecule has 1 aliphatic heterocycles. The monoisotopic (exact) mass is 168 g/mol. The number of rotatable bonds is 2. The molecule has 0 aliphatic carbocycles. The highest BCUT2D eigenvalue weighted by molar-refractivity contribution is 5.10. The molecule has 12 heavy (non-hydrogen) atoms. The van der Waals surface area contributed by atoms with E-state index in [0.717, 1.165) is 12.8 Å². The van der Waals surface area contributed by atoms with Gasteiger partial charge in [-0.1, -0.05) is 20.8 Å². The van der Waals surface area contributed by atoms with E-state index < -0.39 is 0 Å². The fraction of sp³-hybridized carbons (Fsp3) is 0.818. The van der Waals surface area contributed by atoms with E-state index in [1.54, 1.807) is 0 Å². The van der Waals surface area contributed by atoms with Gasteiger partial charge < -0.3 is 4.74 Å². The average Bonchev–Trinajstić information content (AvgIpc) is 2.05. The quantitative estimate of drug-likeness (QED) is 0.613. The topological polar surface area (TPSA) is 9.23 Å². The maximum atomic E-state index is 5.89. The van der Waals surface area contributed by atoms with Crippen LogP contribution in [0.5, 0.6) is 0 Å². The minimum absolute atomic E-state index is 0.462. The van der Waals surface area contributed by atoms with Crippen LogP contribution in [0.15, 0.2) is 11.3 Å². The van der Waals surface area contributed by atoms with Crippen molar-refractivity contribution in [1.82, 2.24) is 0 Å². The Morgan fingerprint density at radius 1 is 1.42 bits per heavy atom. The number of allylic oxidation sites excluding steroid dienone is 2. The smallest absolute Gasteiger partial charge is 0.101 e. The second-order valence-corrected chi connectivity index (χ2v) is 3.80. The maximum Gasteiger partial charge on any atom is 0.101 e. The Balaban J connectivity index is 2.70. The normalized spacial score (nSPS) is 30.3. The third kappa shape index (κ3) is 1.82. The van der Waals surface area contributed by atoms with Crippen molar-refractivity contribution in [3.05, 3.63) is 11.3 Å². The van der Waals surface area contributed by atoms with E-state index in [9.17, 15) is 0 Å². The zero-order valence-corrected chi connectivity index (χ0v) is 8.68. The summed E-state index contributed by atoms with van der Waals surface area (Å²) in [7, 11) is 0. The lowest BCUT2D eigenvalue weighted by Gasteiger charge is -2.31. The predicted molar refractivity (Wildman–Crippen MR) is 51.9 cm³/mol.